The molecule has 3 aromatic rings. The molecule has 0 saturated carbocycles. The number of hydrogen-bond acceptors (Lipinski definition) is 4. The second kappa shape index (κ2) is 10.5. The van der Waals surface area contributed by atoms with E-state index in [9.17, 15) is 9.59 Å². The van der Waals surface area contributed by atoms with Crippen molar-refractivity contribution in [3.05, 3.63) is 101 Å². The summed E-state index contributed by atoms with van der Waals surface area (Å²) in [6, 6.07) is 23.4. The van der Waals surface area contributed by atoms with Gasteiger partial charge in [0.05, 0.1) is 6.04 Å². The van der Waals surface area contributed by atoms with E-state index in [1.54, 1.807) is 30.3 Å². The highest BCUT2D eigenvalue weighted by Gasteiger charge is 2.17. The first-order chi connectivity index (χ1) is 14.5. The average molecular weight is 424 g/mol. The average Bonchev–Trinajstić information content (AvgIpc) is 2.77. The van der Waals surface area contributed by atoms with Crippen molar-refractivity contribution >= 4 is 23.5 Å². The van der Waals surface area contributed by atoms with E-state index in [0.717, 1.165) is 11.1 Å². The lowest BCUT2D eigenvalue weighted by Crippen LogP contribution is -2.31. The second-order valence-corrected chi connectivity index (χ2v) is 7.06. The molecule has 6 heteroatoms. The molecule has 0 fully saturated rings. The van der Waals surface area contributed by atoms with E-state index in [0.29, 0.717) is 10.8 Å². The zero-order valence-electron chi connectivity index (χ0n) is 16.5. The summed E-state index contributed by atoms with van der Waals surface area (Å²) >= 11 is 6.15. The first-order valence-corrected chi connectivity index (χ1v) is 9.89. The Bertz CT molecular complexity index is 1010. The molecule has 0 spiro atoms. The summed E-state index contributed by atoms with van der Waals surface area (Å²) in [6.07, 6.45) is 0. The molecule has 1 atom stereocenters. The van der Waals surface area contributed by atoms with Crippen molar-refractivity contribution < 1.29 is 19.1 Å². The molecular formula is C24H22ClNO4. The van der Waals surface area contributed by atoms with Crippen LogP contribution in [0.25, 0.3) is 0 Å². The number of benzene rings is 3. The van der Waals surface area contributed by atoms with E-state index < -0.39 is 5.97 Å². The van der Waals surface area contributed by atoms with Crippen molar-refractivity contribution in [3.63, 3.8) is 0 Å². The van der Waals surface area contributed by atoms with Gasteiger partial charge in [0.15, 0.2) is 6.61 Å². The summed E-state index contributed by atoms with van der Waals surface area (Å²) < 4.78 is 11.0. The van der Waals surface area contributed by atoms with Crippen LogP contribution in [0.1, 0.15) is 34.5 Å². The summed E-state index contributed by atoms with van der Waals surface area (Å²) in [5.74, 6) is -0.651. The fourth-order valence-corrected chi connectivity index (χ4v) is 3.04. The summed E-state index contributed by atoms with van der Waals surface area (Å²) in [7, 11) is 0. The maximum absolute atomic E-state index is 12.5. The Labute approximate surface area is 180 Å². The molecule has 5 nitrogen and oxygen atoms in total. The van der Waals surface area contributed by atoms with Crippen LogP contribution >= 0.6 is 11.6 Å². The lowest BCUT2D eigenvalue weighted by atomic mass is 10.1. The molecule has 0 aliphatic rings. The molecule has 3 aromatic carbocycles. The maximum atomic E-state index is 12.5. The SMILES string of the molecule is CC(NC(=O)COC(=O)c1ccccc1OCc1ccccc1Cl)c1ccccc1. The molecule has 0 bridgehead atoms. The third kappa shape index (κ3) is 5.84. The lowest BCUT2D eigenvalue weighted by molar-refractivity contribution is -0.124. The van der Waals surface area contributed by atoms with E-state index in [1.807, 2.05) is 55.5 Å². The predicted octanol–water partition coefficient (Wildman–Crippen LogP) is 4.95. The monoisotopic (exact) mass is 423 g/mol. The molecule has 3 rings (SSSR count). The summed E-state index contributed by atoms with van der Waals surface area (Å²) in [5, 5.41) is 3.39. The number of nitrogens with one attached hydrogen (secondary N) is 1. The van der Waals surface area contributed by atoms with E-state index in [-0.39, 0.29) is 30.7 Å². The van der Waals surface area contributed by atoms with Gasteiger partial charge in [-0.1, -0.05) is 72.3 Å². The van der Waals surface area contributed by atoms with Crippen molar-refractivity contribution in [2.75, 3.05) is 6.61 Å². The van der Waals surface area contributed by atoms with E-state index >= 15 is 0 Å². The van der Waals surface area contributed by atoms with Gasteiger partial charge in [-0.25, -0.2) is 4.79 Å². The van der Waals surface area contributed by atoms with Crippen LogP contribution < -0.4 is 10.1 Å². The van der Waals surface area contributed by atoms with Gasteiger partial charge in [-0.3, -0.25) is 4.79 Å². The number of carbonyl (C=O) groups is 2. The smallest absolute Gasteiger partial charge is 0.342 e. The number of esters is 1. The number of hydrogen-bond donors (Lipinski definition) is 1. The van der Waals surface area contributed by atoms with Crippen molar-refractivity contribution in [3.8, 4) is 5.75 Å². The van der Waals surface area contributed by atoms with E-state index in [2.05, 4.69) is 5.32 Å². The minimum Gasteiger partial charge on any atom is -0.488 e. The quantitative estimate of drug-likeness (QED) is 0.520. The zero-order valence-corrected chi connectivity index (χ0v) is 17.3. The van der Waals surface area contributed by atoms with Gasteiger partial charge in [0.25, 0.3) is 5.91 Å². The highest BCUT2D eigenvalue weighted by molar-refractivity contribution is 6.31. The second-order valence-electron chi connectivity index (χ2n) is 6.65. The number of amides is 1. The van der Waals surface area contributed by atoms with Crippen LogP contribution in [0.15, 0.2) is 78.9 Å². The Kier molecular flexibility index (Phi) is 7.46. The van der Waals surface area contributed by atoms with Crippen molar-refractivity contribution in [1.82, 2.24) is 5.32 Å². The molecule has 0 aliphatic carbocycles. The van der Waals surface area contributed by atoms with Crippen LogP contribution in [0.4, 0.5) is 0 Å². The molecule has 0 heterocycles. The molecule has 0 radical (unpaired) electrons. The molecule has 30 heavy (non-hydrogen) atoms. The van der Waals surface area contributed by atoms with Crippen molar-refractivity contribution in [1.29, 1.82) is 0 Å². The first kappa shape index (κ1) is 21.4. The Hall–Kier alpha value is -3.31. The number of rotatable bonds is 8. The normalized spacial score (nSPS) is 11.4. The number of ether oxygens (including phenoxy) is 2. The van der Waals surface area contributed by atoms with Crippen LogP contribution in [0.3, 0.4) is 0 Å². The first-order valence-electron chi connectivity index (χ1n) is 9.51. The Morgan fingerprint density at radius 1 is 0.933 bits per heavy atom. The van der Waals surface area contributed by atoms with Gasteiger partial charge >= 0.3 is 5.97 Å². The van der Waals surface area contributed by atoms with Crippen LogP contribution in [-0.4, -0.2) is 18.5 Å². The van der Waals surface area contributed by atoms with Gasteiger partial charge in [0.1, 0.15) is 17.9 Å². The number of carbonyl (C=O) groups excluding carboxylic acids is 2. The largest absolute Gasteiger partial charge is 0.488 e. The van der Waals surface area contributed by atoms with E-state index in [4.69, 9.17) is 21.1 Å². The van der Waals surface area contributed by atoms with Crippen molar-refractivity contribution in [2.24, 2.45) is 0 Å². The summed E-state index contributed by atoms with van der Waals surface area (Å²) in [5.41, 5.74) is 2.01. The number of halogens is 1. The highest BCUT2D eigenvalue weighted by atomic mass is 35.5. The topological polar surface area (TPSA) is 64.6 Å². The summed E-state index contributed by atoms with van der Waals surface area (Å²) in [6.45, 7) is 1.70. The van der Waals surface area contributed by atoms with Crippen LogP contribution in [0.2, 0.25) is 5.02 Å². The highest BCUT2D eigenvalue weighted by Crippen LogP contribution is 2.22. The molecule has 1 N–H and O–H groups in total. The molecule has 0 aliphatic heterocycles. The van der Waals surface area contributed by atoms with Crippen LogP contribution in [0.5, 0.6) is 5.75 Å². The van der Waals surface area contributed by atoms with Crippen LogP contribution in [0, 0.1) is 0 Å². The Balaban J connectivity index is 1.56. The third-order valence-electron chi connectivity index (χ3n) is 4.46. The minimum absolute atomic E-state index is 0.191. The predicted molar refractivity (Wildman–Crippen MR) is 116 cm³/mol. The third-order valence-corrected chi connectivity index (χ3v) is 4.83. The van der Waals surface area contributed by atoms with Gasteiger partial charge < -0.3 is 14.8 Å². The standard InChI is InChI=1S/C24H22ClNO4/c1-17(18-9-3-2-4-10-18)26-23(27)16-30-24(28)20-12-6-8-14-22(20)29-15-19-11-5-7-13-21(19)25/h2-14,17H,15-16H2,1H3,(H,26,27). The molecule has 1 amide bonds. The fraction of sp³-hybridized carbons (Fsp3) is 0.167. The minimum atomic E-state index is -0.632. The van der Waals surface area contributed by atoms with Gasteiger partial charge in [0.2, 0.25) is 0 Å². The zero-order chi connectivity index (χ0) is 21.3. The summed E-state index contributed by atoms with van der Waals surface area (Å²) in [4.78, 5) is 24.7. The molecule has 1 unspecified atom stereocenters. The van der Waals surface area contributed by atoms with Gasteiger partial charge in [-0.05, 0) is 30.7 Å². The Morgan fingerprint density at radius 2 is 1.60 bits per heavy atom. The van der Waals surface area contributed by atoms with Gasteiger partial charge in [-0.15, -0.1) is 0 Å². The molecule has 0 saturated heterocycles. The van der Waals surface area contributed by atoms with Crippen LogP contribution in [-0.2, 0) is 16.1 Å². The molecule has 154 valence electrons. The molecule has 0 aromatic heterocycles. The fourth-order valence-electron chi connectivity index (χ4n) is 2.85. The van der Waals surface area contributed by atoms with Gasteiger partial charge in [0, 0.05) is 10.6 Å². The Morgan fingerprint density at radius 3 is 2.37 bits per heavy atom. The van der Waals surface area contributed by atoms with Crippen molar-refractivity contribution in [2.45, 2.75) is 19.6 Å². The van der Waals surface area contributed by atoms with Gasteiger partial charge in [-0.2, -0.15) is 0 Å². The lowest BCUT2D eigenvalue weighted by Gasteiger charge is -2.15. The number of para-hydroxylation sites is 1. The van der Waals surface area contributed by atoms with E-state index in [1.165, 1.54) is 0 Å². The molecular weight excluding hydrogens is 402 g/mol. The maximum Gasteiger partial charge on any atom is 0.342 e.